The fourth-order valence-electron chi connectivity index (χ4n) is 2.56. The van der Waals surface area contributed by atoms with E-state index in [0.717, 1.165) is 23.7 Å². The van der Waals surface area contributed by atoms with Gasteiger partial charge in [-0.1, -0.05) is 28.1 Å². The van der Waals surface area contributed by atoms with Crippen molar-refractivity contribution in [3.05, 3.63) is 40.6 Å². The molecule has 0 N–H and O–H groups in total. The van der Waals surface area contributed by atoms with E-state index in [9.17, 15) is 13.2 Å². The standard InChI is InChI=1S/C16H14BrF3N2O/c17-11-6-7-13-12(8-11)15(23-9-16(18,19)20)22-14(21-13)10-4-2-1-3-5-10/h1-2,6-8,10H,3-5,9H2. The first-order chi connectivity index (χ1) is 10.9. The van der Waals surface area contributed by atoms with Crippen LogP contribution in [0.1, 0.15) is 31.0 Å². The highest BCUT2D eigenvalue weighted by Gasteiger charge is 2.29. The molecule has 1 aliphatic carbocycles. The normalized spacial score (nSPS) is 18.3. The summed E-state index contributed by atoms with van der Waals surface area (Å²) in [5.41, 5.74) is 0.588. The molecule has 0 saturated carbocycles. The quantitative estimate of drug-likeness (QED) is 0.683. The summed E-state index contributed by atoms with van der Waals surface area (Å²) in [6, 6.07) is 5.22. The number of alkyl halides is 3. The number of hydrogen-bond acceptors (Lipinski definition) is 3. The number of benzene rings is 1. The van der Waals surface area contributed by atoms with Gasteiger partial charge in [0.15, 0.2) is 6.61 Å². The maximum absolute atomic E-state index is 12.5. The predicted octanol–water partition coefficient (Wildman–Crippen LogP) is 5.16. The Morgan fingerprint density at radius 1 is 1.22 bits per heavy atom. The minimum absolute atomic E-state index is 0.0156. The van der Waals surface area contributed by atoms with Crippen molar-refractivity contribution in [2.45, 2.75) is 31.4 Å². The van der Waals surface area contributed by atoms with E-state index in [1.165, 1.54) is 0 Å². The van der Waals surface area contributed by atoms with Crippen molar-refractivity contribution < 1.29 is 17.9 Å². The lowest BCUT2D eigenvalue weighted by molar-refractivity contribution is -0.153. The third-order valence-electron chi connectivity index (χ3n) is 3.65. The van der Waals surface area contributed by atoms with Gasteiger partial charge in [-0.25, -0.2) is 4.98 Å². The lowest BCUT2D eigenvalue weighted by Crippen LogP contribution is -2.20. The Morgan fingerprint density at radius 2 is 2.04 bits per heavy atom. The molecular formula is C16H14BrF3N2O. The molecular weight excluding hydrogens is 373 g/mol. The third kappa shape index (κ3) is 4.02. The highest BCUT2D eigenvalue weighted by molar-refractivity contribution is 9.10. The average Bonchev–Trinajstić information content (AvgIpc) is 2.52. The van der Waals surface area contributed by atoms with E-state index in [1.54, 1.807) is 18.2 Å². The molecule has 7 heteroatoms. The van der Waals surface area contributed by atoms with Gasteiger partial charge in [-0.2, -0.15) is 18.2 Å². The van der Waals surface area contributed by atoms with Gasteiger partial charge in [0.05, 0.1) is 10.9 Å². The number of rotatable bonds is 3. The van der Waals surface area contributed by atoms with Crippen LogP contribution < -0.4 is 4.74 Å². The smallest absolute Gasteiger partial charge is 0.422 e. The Balaban J connectivity index is 2.02. The maximum Gasteiger partial charge on any atom is 0.422 e. The lowest BCUT2D eigenvalue weighted by Gasteiger charge is -2.18. The number of hydrogen-bond donors (Lipinski definition) is 0. The number of allylic oxidation sites excluding steroid dienone is 2. The zero-order chi connectivity index (χ0) is 16.4. The molecule has 0 fully saturated rings. The van der Waals surface area contributed by atoms with E-state index in [2.05, 4.69) is 38.0 Å². The van der Waals surface area contributed by atoms with Gasteiger partial charge < -0.3 is 4.74 Å². The summed E-state index contributed by atoms with van der Waals surface area (Å²) in [6.45, 7) is -1.37. The van der Waals surface area contributed by atoms with Crippen molar-refractivity contribution in [1.82, 2.24) is 9.97 Å². The summed E-state index contributed by atoms with van der Waals surface area (Å²) >= 11 is 3.31. The summed E-state index contributed by atoms with van der Waals surface area (Å²) < 4.78 is 43.2. The van der Waals surface area contributed by atoms with Crippen LogP contribution in [0.15, 0.2) is 34.8 Å². The number of aromatic nitrogens is 2. The van der Waals surface area contributed by atoms with Crippen LogP contribution in [0.5, 0.6) is 5.88 Å². The van der Waals surface area contributed by atoms with Gasteiger partial charge in [-0.3, -0.25) is 0 Å². The van der Waals surface area contributed by atoms with Crippen molar-refractivity contribution >= 4 is 26.8 Å². The molecule has 0 amide bonds. The molecule has 2 aromatic rings. The van der Waals surface area contributed by atoms with Crippen LogP contribution >= 0.6 is 15.9 Å². The number of halogens is 4. The van der Waals surface area contributed by atoms with E-state index < -0.39 is 12.8 Å². The summed E-state index contributed by atoms with van der Waals surface area (Å²) in [6.07, 6.45) is 2.34. The minimum Gasteiger partial charge on any atom is -0.467 e. The molecule has 1 aliphatic rings. The largest absolute Gasteiger partial charge is 0.467 e. The van der Waals surface area contributed by atoms with Gasteiger partial charge in [0.25, 0.3) is 0 Å². The van der Waals surface area contributed by atoms with Crippen LogP contribution in [0.4, 0.5) is 13.2 Å². The molecule has 3 rings (SSSR count). The second-order valence-corrected chi connectivity index (χ2v) is 6.35. The highest BCUT2D eigenvalue weighted by atomic mass is 79.9. The maximum atomic E-state index is 12.5. The molecule has 0 radical (unpaired) electrons. The zero-order valence-corrected chi connectivity index (χ0v) is 13.7. The van der Waals surface area contributed by atoms with E-state index in [-0.39, 0.29) is 11.8 Å². The molecule has 3 nitrogen and oxygen atoms in total. The minimum atomic E-state index is -4.41. The van der Waals surface area contributed by atoms with E-state index >= 15 is 0 Å². The van der Waals surface area contributed by atoms with Gasteiger partial charge in [0, 0.05) is 10.4 Å². The van der Waals surface area contributed by atoms with E-state index in [0.29, 0.717) is 16.7 Å². The molecule has 0 spiro atoms. The molecule has 1 atom stereocenters. The first-order valence-corrected chi connectivity index (χ1v) is 8.03. The topological polar surface area (TPSA) is 35.0 Å². The van der Waals surface area contributed by atoms with Gasteiger partial charge in [-0.15, -0.1) is 0 Å². The van der Waals surface area contributed by atoms with Crippen LogP contribution in [0, 0.1) is 0 Å². The Morgan fingerprint density at radius 3 is 2.74 bits per heavy atom. The zero-order valence-electron chi connectivity index (χ0n) is 12.1. The number of nitrogens with zero attached hydrogens (tertiary/aromatic N) is 2. The lowest BCUT2D eigenvalue weighted by atomic mass is 9.93. The molecule has 1 heterocycles. The summed E-state index contributed by atoms with van der Waals surface area (Å²) in [7, 11) is 0. The Bertz CT molecular complexity index is 746. The van der Waals surface area contributed by atoms with E-state index in [4.69, 9.17) is 4.74 Å². The molecule has 1 aromatic carbocycles. The van der Waals surface area contributed by atoms with Crippen LogP contribution in [-0.4, -0.2) is 22.8 Å². The second-order valence-electron chi connectivity index (χ2n) is 5.43. The van der Waals surface area contributed by atoms with Crippen molar-refractivity contribution in [1.29, 1.82) is 0 Å². The Labute approximate surface area is 139 Å². The van der Waals surface area contributed by atoms with Crippen LogP contribution in [0.25, 0.3) is 10.9 Å². The SMILES string of the molecule is FC(F)(F)COc1nc(C2CC=CCC2)nc2ccc(Br)cc12. The van der Waals surface area contributed by atoms with Crippen LogP contribution in [0.3, 0.4) is 0 Å². The summed E-state index contributed by atoms with van der Waals surface area (Å²) in [4.78, 5) is 8.80. The Hall–Kier alpha value is -1.63. The van der Waals surface area contributed by atoms with Gasteiger partial charge >= 0.3 is 6.18 Å². The Kier molecular flexibility index (Phi) is 4.57. The van der Waals surface area contributed by atoms with Crippen LogP contribution in [-0.2, 0) is 0 Å². The first-order valence-electron chi connectivity index (χ1n) is 7.24. The summed E-state index contributed by atoms with van der Waals surface area (Å²) in [5, 5.41) is 0.471. The van der Waals surface area contributed by atoms with Crippen LogP contribution in [0.2, 0.25) is 0 Å². The molecule has 1 aromatic heterocycles. The molecule has 1 unspecified atom stereocenters. The monoisotopic (exact) mass is 386 g/mol. The predicted molar refractivity (Wildman–Crippen MR) is 84.5 cm³/mol. The molecule has 23 heavy (non-hydrogen) atoms. The van der Waals surface area contributed by atoms with Crippen molar-refractivity contribution in [3.8, 4) is 5.88 Å². The van der Waals surface area contributed by atoms with E-state index in [1.807, 2.05) is 0 Å². The molecule has 0 saturated heterocycles. The van der Waals surface area contributed by atoms with Gasteiger partial charge in [0.1, 0.15) is 5.82 Å². The molecule has 0 bridgehead atoms. The fourth-order valence-corrected chi connectivity index (χ4v) is 2.92. The van der Waals surface area contributed by atoms with Crippen molar-refractivity contribution in [2.75, 3.05) is 6.61 Å². The number of fused-ring (bicyclic) bond motifs is 1. The number of ether oxygens (including phenoxy) is 1. The van der Waals surface area contributed by atoms with Gasteiger partial charge in [0.2, 0.25) is 5.88 Å². The van der Waals surface area contributed by atoms with Crippen molar-refractivity contribution in [2.24, 2.45) is 0 Å². The second kappa shape index (κ2) is 6.47. The fraction of sp³-hybridized carbons (Fsp3) is 0.375. The first kappa shape index (κ1) is 16.2. The molecule has 0 aliphatic heterocycles. The molecule has 122 valence electrons. The third-order valence-corrected chi connectivity index (χ3v) is 4.14. The van der Waals surface area contributed by atoms with Crippen molar-refractivity contribution in [3.63, 3.8) is 0 Å². The highest BCUT2D eigenvalue weighted by Crippen LogP contribution is 2.32. The average molecular weight is 387 g/mol. The summed E-state index contributed by atoms with van der Waals surface area (Å²) in [5.74, 6) is 0.640. The van der Waals surface area contributed by atoms with Gasteiger partial charge in [-0.05, 0) is 37.5 Å².